The van der Waals surface area contributed by atoms with Crippen molar-refractivity contribution in [2.45, 2.75) is 6.92 Å². The Morgan fingerprint density at radius 2 is 2.45 bits per heavy atom. The molecule has 0 saturated carbocycles. The molecule has 2 heterocycles. The van der Waals surface area contributed by atoms with E-state index >= 15 is 0 Å². The van der Waals surface area contributed by atoms with E-state index in [9.17, 15) is 0 Å². The molecule has 0 atom stereocenters. The molecule has 0 aliphatic heterocycles. The first kappa shape index (κ1) is 6.48. The number of aromatic nitrogens is 4. The molecule has 56 valence electrons. The molecule has 0 spiro atoms. The van der Waals surface area contributed by atoms with Gasteiger partial charge in [-0.1, -0.05) is 0 Å². The Hall–Kier alpha value is -1.23. The predicted molar refractivity (Wildman–Crippen MR) is 42.2 cm³/mol. The summed E-state index contributed by atoms with van der Waals surface area (Å²) in [6.07, 6.45) is 0. The SMILES string of the molecule is Cc1csc(-c2nn[nH]n2)c1. The van der Waals surface area contributed by atoms with Crippen LogP contribution in [-0.2, 0) is 0 Å². The minimum atomic E-state index is 0.670. The van der Waals surface area contributed by atoms with Gasteiger partial charge in [-0.25, -0.2) is 0 Å². The summed E-state index contributed by atoms with van der Waals surface area (Å²) >= 11 is 1.62. The van der Waals surface area contributed by atoms with Crippen LogP contribution in [0, 0.1) is 6.92 Å². The number of aromatic amines is 1. The molecule has 0 radical (unpaired) electrons. The smallest absolute Gasteiger partial charge is 0.177 e. The Labute approximate surface area is 67.3 Å². The van der Waals surface area contributed by atoms with Gasteiger partial charge in [-0.2, -0.15) is 5.21 Å². The van der Waals surface area contributed by atoms with Crippen molar-refractivity contribution in [3.8, 4) is 10.7 Å². The van der Waals surface area contributed by atoms with Crippen molar-refractivity contribution in [1.29, 1.82) is 0 Å². The van der Waals surface area contributed by atoms with E-state index in [-0.39, 0.29) is 0 Å². The summed E-state index contributed by atoms with van der Waals surface area (Å²) in [5, 5.41) is 15.7. The summed E-state index contributed by atoms with van der Waals surface area (Å²) in [5.74, 6) is 0.670. The molecule has 0 aromatic carbocycles. The highest BCUT2D eigenvalue weighted by molar-refractivity contribution is 7.13. The second-order valence-electron chi connectivity index (χ2n) is 2.22. The predicted octanol–water partition coefficient (Wildman–Crippen LogP) is 1.24. The van der Waals surface area contributed by atoms with Crippen LogP contribution in [0.4, 0.5) is 0 Å². The Kier molecular flexibility index (Phi) is 1.43. The second-order valence-corrected chi connectivity index (χ2v) is 3.13. The van der Waals surface area contributed by atoms with Crippen LogP contribution in [0.2, 0.25) is 0 Å². The standard InChI is InChI=1S/C6H6N4S/c1-4-2-5(11-3-4)6-7-9-10-8-6/h2-3H,1H3,(H,7,8,9,10). The number of tetrazole rings is 1. The Morgan fingerprint density at radius 3 is 3.00 bits per heavy atom. The zero-order valence-corrected chi connectivity index (χ0v) is 6.72. The van der Waals surface area contributed by atoms with Gasteiger partial charge < -0.3 is 0 Å². The lowest BCUT2D eigenvalue weighted by Gasteiger charge is -1.80. The maximum absolute atomic E-state index is 3.86. The first-order valence-electron chi connectivity index (χ1n) is 3.15. The van der Waals surface area contributed by atoms with E-state index in [0.29, 0.717) is 5.82 Å². The molecule has 0 amide bonds. The van der Waals surface area contributed by atoms with E-state index in [0.717, 1.165) is 4.88 Å². The first-order chi connectivity index (χ1) is 5.36. The maximum atomic E-state index is 3.86. The van der Waals surface area contributed by atoms with Crippen LogP contribution in [0.3, 0.4) is 0 Å². The average molecular weight is 166 g/mol. The molecular weight excluding hydrogens is 160 g/mol. The Balaban J connectivity index is 2.45. The number of H-pyrrole nitrogens is 1. The summed E-state index contributed by atoms with van der Waals surface area (Å²) in [7, 11) is 0. The van der Waals surface area contributed by atoms with E-state index in [1.54, 1.807) is 11.3 Å². The van der Waals surface area contributed by atoms with E-state index in [1.165, 1.54) is 5.56 Å². The van der Waals surface area contributed by atoms with Crippen LogP contribution < -0.4 is 0 Å². The Bertz CT molecular complexity index is 337. The number of hydrogen-bond donors (Lipinski definition) is 1. The van der Waals surface area contributed by atoms with E-state index in [4.69, 9.17) is 0 Å². The van der Waals surface area contributed by atoms with Crippen LogP contribution in [0.1, 0.15) is 5.56 Å². The summed E-state index contributed by atoms with van der Waals surface area (Å²) in [6.45, 7) is 2.04. The molecule has 2 rings (SSSR count). The molecular formula is C6H6N4S. The van der Waals surface area contributed by atoms with Crippen molar-refractivity contribution in [1.82, 2.24) is 20.6 Å². The van der Waals surface area contributed by atoms with E-state index < -0.39 is 0 Å². The third kappa shape index (κ3) is 1.14. The molecule has 0 aliphatic carbocycles. The van der Waals surface area contributed by atoms with Gasteiger partial charge in [0.2, 0.25) is 5.82 Å². The highest BCUT2D eigenvalue weighted by Gasteiger charge is 2.03. The molecule has 2 aromatic heterocycles. The van der Waals surface area contributed by atoms with Crippen molar-refractivity contribution >= 4 is 11.3 Å². The molecule has 0 saturated heterocycles. The van der Waals surface area contributed by atoms with Crippen molar-refractivity contribution in [3.05, 3.63) is 17.0 Å². The third-order valence-electron chi connectivity index (χ3n) is 1.30. The fourth-order valence-corrected chi connectivity index (χ4v) is 1.64. The summed E-state index contributed by atoms with van der Waals surface area (Å²) in [4.78, 5) is 1.05. The summed E-state index contributed by atoms with van der Waals surface area (Å²) in [5.41, 5.74) is 1.23. The molecule has 4 nitrogen and oxygen atoms in total. The molecule has 5 heteroatoms. The first-order valence-corrected chi connectivity index (χ1v) is 4.03. The van der Waals surface area contributed by atoms with Gasteiger partial charge in [0.1, 0.15) is 0 Å². The van der Waals surface area contributed by atoms with Crippen molar-refractivity contribution in [3.63, 3.8) is 0 Å². The molecule has 11 heavy (non-hydrogen) atoms. The highest BCUT2D eigenvalue weighted by atomic mass is 32.1. The lowest BCUT2D eigenvalue weighted by molar-refractivity contribution is 0.881. The number of aryl methyl sites for hydroxylation is 1. The molecule has 0 aliphatic rings. The average Bonchev–Trinajstić information content (AvgIpc) is 2.55. The number of thiophene rings is 1. The number of nitrogens with one attached hydrogen (secondary N) is 1. The van der Waals surface area contributed by atoms with E-state index in [1.807, 2.05) is 13.0 Å². The largest absolute Gasteiger partial charge is 0.214 e. The van der Waals surface area contributed by atoms with Gasteiger partial charge in [0.15, 0.2) is 0 Å². The van der Waals surface area contributed by atoms with Crippen LogP contribution in [0.25, 0.3) is 10.7 Å². The monoisotopic (exact) mass is 166 g/mol. The third-order valence-corrected chi connectivity index (χ3v) is 2.34. The van der Waals surface area contributed by atoms with Crippen LogP contribution in [0.15, 0.2) is 11.4 Å². The highest BCUT2D eigenvalue weighted by Crippen LogP contribution is 2.22. The molecule has 0 bridgehead atoms. The zero-order chi connectivity index (χ0) is 7.68. The topological polar surface area (TPSA) is 54.5 Å². The van der Waals surface area contributed by atoms with Gasteiger partial charge in [0.05, 0.1) is 4.88 Å². The van der Waals surface area contributed by atoms with Gasteiger partial charge in [-0.15, -0.1) is 21.5 Å². The molecule has 0 unspecified atom stereocenters. The van der Waals surface area contributed by atoms with Gasteiger partial charge in [-0.3, -0.25) is 0 Å². The number of rotatable bonds is 1. The minimum absolute atomic E-state index is 0.670. The lowest BCUT2D eigenvalue weighted by Crippen LogP contribution is -1.73. The molecule has 0 fully saturated rings. The summed E-state index contributed by atoms with van der Waals surface area (Å²) < 4.78 is 0. The van der Waals surface area contributed by atoms with Crippen molar-refractivity contribution in [2.24, 2.45) is 0 Å². The number of hydrogen-bond acceptors (Lipinski definition) is 4. The second kappa shape index (κ2) is 2.43. The van der Waals surface area contributed by atoms with Gasteiger partial charge >= 0.3 is 0 Å². The van der Waals surface area contributed by atoms with Gasteiger partial charge in [0, 0.05) is 0 Å². The lowest BCUT2D eigenvalue weighted by atomic mass is 10.3. The fourth-order valence-electron chi connectivity index (χ4n) is 0.815. The fraction of sp³-hybridized carbons (Fsp3) is 0.167. The van der Waals surface area contributed by atoms with Crippen molar-refractivity contribution < 1.29 is 0 Å². The van der Waals surface area contributed by atoms with Crippen molar-refractivity contribution in [2.75, 3.05) is 0 Å². The number of nitrogens with zero attached hydrogens (tertiary/aromatic N) is 3. The molecule has 2 aromatic rings. The van der Waals surface area contributed by atoms with Gasteiger partial charge in [-0.05, 0) is 29.1 Å². The van der Waals surface area contributed by atoms with Crippen LogP contribution >= 0.6 is 11.3 Å². The summed E-state index contributed by atoms with van der Waals surface area (Å²) in [6, 6.07) is 2.04. The molecule has 1 N–H and O–H groups in total. The van der Waals surface area contributed by atoms with Crippen LogP contribution in [0.5, 0.6) is 0 Å². The quantitative estimate of drug-likeness (QED) is 0.693. The maximum Gasteiger partial charge on any atom is 0.214 e. The Morgan fingerprint density at radius 1 is 1.55 bits per heavy atom. The minimum Gasteiger partial charge on any atom is -0.177 e. The van der Waals surface area contributed by atoms with E-state index in [2.05, 4.69) is 26.0 Å². The van der Waals surface area contributed by atoms with Crippen LogP contribution in [-0.4, -0.2) is 20.6 Å². The normalized spacial score (nSPS) is 10.3. The zero-order valence-electron chi connectivity index (χ0n) is 5.90. The van der Waals surface area contributed by atoms with Gasteiger partial charge in [0.25, 0.3) is 0 Å².